The van der Waals surface area contributed by atoms with Crippen LogP contribution in [-0.4, -0.2) is 22.8 Å². The summed E-state index contributed by atoms with van der Waals surface area (Å²) in [6, 6.07) is 2.71. The van der Waals surface area contributed by atoms with Gasteiger partial charge in [-0.1, -0.05) is 11.6 Å². The average molecular weight is 251 g/mol. The number of hydrogen-bond donors (Lipinski definition) is 0. The van der Waals surface area contributed by atoms with Crippen LogP contribution in [0.1, 0.15) is 30.4 Å². The third-order valence-corrected chi connectivity index (χ3v) is 3.52. The van der Waals surface area contributed by atoms with Gasteiger partial charge in [-0.2, -0.15) is 5.26 Å². The van der Waals surface area contributed by atoms with Gasteiger partial charge in [0.25, 0.3) is 0 Å². The van der Waals surface area contributed by atoms with Crippen molar-refractivity contribution in [1.29, 1.82) is 5.26 Å². The quantitative estimate of drug-likeness (QED) is 0.824. The Kier molecular flexibility index (Phi) is 3.49. The predicted octanol–water partition coefficient (Wildman–Crippen LogP) is 2.63. The molecular weight excluding hydrogens is 236 g/mol. The predicted molar refractivity (Wildman–Crippen MR) is 67.1 cm³/mol. The number of anilines is 1. The van der Waals surface area contributed by atoms with E-state index < -0.39 is 0 Å². The van der Waals surface area contributed by atoms with E-state index in [1.54, 1.807) is 0 Å². The molecule has 1 aliphatic rings. The Labute approximate surface area is 106 Å². The smallest absolute Gasteiger partial charge is 0.155 e. The molecule has 1 aromatic rings. The first-order valence-electron chi connectivity index (χ1n) is 5.78. The van der Waals surface area contributed by atoms with Gasteiger partial charge in [-0.25, -0.2) is 0 Å². The second-order valence-electron chi connectivity index (χ2n) is 4.40. The number of nitrogens with zero attached hydrogens (tertiary/aromatic N) is 4. The third kappa shape index (κ3) is 2.50. The summed E-state index contributed by atoms with van der Waals surface area (Å²) in [5.74, 6) is 0.879. The van der Waals surface area contributed by atoms with Gasteiger partial charge in [-0.05, 0) is 37.8 Å². The summed E-state index contributed by atoms with van der Waals surface area (Å²) >= 11 is 5.95. The molecule has 1 fully saturated rings. The lowest BCUT2D eigenvalue weighted by Crippen LogP contribution is -2.29. The number of rotatable bonds is 4. The van der Waals surface area contributed by atoms with Gasteiger partial charge in [0, 0.05) is 12.6 Å². The molecule has 0 saturated heterocycles. The van der Waals surface area contributed by atoms with E-state index >= 15 is 0 Å². The van der Waals surface area contributed by atoms with Crippen molar-refractivity contribution in [3.05, 3.63) is 16.3 Å². The number of aromatic nitrogens is 2. The Morgan fingerprint density at radius 3 is 2.65 bits per heavy atom. The fourth-order valence-corrected chi connectivity index (χ4v) is 2.03. The maximum Gasteiger partial charge on any atom is 0.155 e. The molecular formula is C12H15ClN4. The first-order chi connectivity index (χ1) is 8.15. The molecule has 90 valence electrons. The van der Waals surface area contributed by atoms with Crippen LogP contribution in [0.2, 0.25) is 5.15 Å². The van der Waals surface area contributed by atoms with Crippen LogP contribution < -0.4 is 4.90 Å². The van der Waals surface area contributed by atoms with Gasteiger partial charge in [0.2, 0.25) is 0 Å². The molecule has 0 spiro atoms. The minimum atomic E-state index is 0.460. The molecule has 1 heterocycles. The molecule has 0 aromatic carbocycles. The molecule has 2 rings (SSSR count). The summed E-state index contributed by atoms with van der Waals surface area (Å²) in [5, 5.41) is 17.3. The number of halogens is 1. The molecule has 17 heavy (non-hydrogen) atoms. The Hall–Kier alpha value is -1.34. The minimum Gasteiger partial charge on any atom is -0.351 e. The molecule has 1 saturated carbocycles. The molecule has 4 nitrogen and oxygen atoms in total. The van der Waals surface area contributed by atoms with Crippen molar-refractivity contribution in [1.82, 2.24) is 10.2 Å². The topological polar surface area (TPSA) is 52.8 Å². The van der Waals surface area contributed by atoms with E-state index in [-0.39, 0.29) is 0 Å². The van der Waals surface area contributed by atoms with Crippen molar-refractivity contribution in [2.45, 2.75) is 39.2 Å². The Bertz CT molecular complexity index is 462. The van der Waals surface area contributed by atoms with Crippen LogP contribution >= 0.6 is 11.6 Å². The monoisotopic (exact) mass is 250 g/mol. The van der Waals surface area contributed by atoms with Crippen LogP contribution in [0, 0.1) is 25.2 Å². The van der Waals surface area contributed by atoms with E-state index in [0.29, 0.717) is 17.6 Å². The van der Waals surface area contributed by atoms with Gasteiger partial charge in [-0.15, -0.1) is 10.2 Å². The van der Waals surface area contributed by atoms with Crippen LogP contribution in [-0.2, 0) is 0 Å². The van der Waals surface area contributed by atoms with Crippen molar-refractivity contribution in [2.75, 3.05) is 11.4 Å². The van der Waals surface area contributed by atoms with Crippen LogP contribution in [0.4, 0.5) is 5.82 Å². The van der Waals surface area contributed by atoms with E-state index in [4.69, 9.17) is 16.9 Å². The Balaban J connectivity index is 2.30. The van der Waals surface area contributed by atoms with Crippen molar-refractivity contribution in [2.24, 2.45) is 0 Å². The molecule has 0 bridgehead atoms. The summed E-state index contributed by atoms with van der Waals surface area (Å²) in [5.41, 5.74) is 2.04. The first-order valence-corrected chi connectivity index (χ1v) is 6.16. The molecule has 1 aliphatic carbocycles. The lowest BCUT2D eigenvalue weighted by molar-refractivity contribution is 0.758. The minimum absolute atomic E-state index is 0.460. The fourth-order valence-electron chi connectivity index (χ4n) is 1.85. The largest absolute Gasteiger partial charge is 0.351 e. The van der Waals surface area contributed by atoms with Gasteiger partial charge in [0.05, 0.1) is 12.5 Å². The molecule has 5 heteroatoms. The maximum atomic E-state index is 8.70. The lowest BCUT2D eigenvalue weighted by atomic mass is 10.2. The summed E-state index contributed by atoms with van der Waals surface area (Å²) < 4.78 is 0. The molecule has 0 amide bonds. The van der Waals surface area contributed by atoms with E-state index in [9.17, 15) is 0 Å². The zero-order valence-electron chi connectivity index (χ0n) is 10.1. The second-order valence-corrected chi connectivity index (χ2v) is 4.76. The standard InChI is InChI=1S/C12H15ClN4/c1-8-9(2)12(16-15-11(8)13)17(7-3-6-14)10-4-5-10/h10H,3-5,7H2,1-2H3. The van der Waals surface area contributed by atoms with E-state index in [2.05, 4.69) is 21.2 Å². The van der Waals surface area contributed by atoms with Gasteiger partial charge in [-0.3, -0.25) is 0 Å². The van der Waals surface area contributed by atoms with Gasteiger partial charge < -0.3 is 4.90 Å². The highest BCUT2D eigenvalue weighted by molar-refractivity contribution is 6.30. The third-order valence-electron chi connectivity index (χ3n) is 3.16. The first kappa shape index (κ1) is 12.1. The highest BCUT2D eigenvalue weighted by Gasteiger charge is 2.31. The average Bonchev–Trinajstić information content (AvgIpc) is 3.13. The fraction of sp³-hybridized carbons (Fsp3) is 0.583. The maximum absolute atomic E-state index is 8.70. The van der Waals surface area contributed by atoms with Crippen molar-refractivity contribution >= 4 is 17.4 Å². The van der Waals surface area contributed by atoms with Crippen LogP contribution in [0.25, 0.3) is 0 Å². The summed E-state index contributed by atoms with van der Waals surface area (Å²) in [4.78, 5) is 2.19. The zero-order chi connectivity index (χ0) is 12.4. The normalized spacial score (nSPS) is 14.5. The second kappa shape index (κ2) is 4.89. The Morgan fingerprint density at radius 2 is 2.06 bits per heavy atom. The molecule has 1 aromatic heterocycles. The number of hydrogen-bond acceptors (Lipinski definition) is 4. The van der Waals surface area contributed by atoms with E-state index in [1.165, 1.54) is 12.8 Å². The van der Waals surface area contributed by atoms with Crippen molar-refractivity contribution in [3.63, 3.8) is 0 Å². The van der Waals surface area contributed by atoms with Crippen LogP contribution in [0.3, 0.4) is 0 Å². The van der Waals surface area contributed by atoms with E-state index in [0.717, 1.165) is 23.5 Å². The molecule has 0 atom stereocenters. The van der Waals surface area contributed by atoms with Gasteiger partial charge in [0.15, 0.2) is 11.0 Å². The highest BCUT2D eigenvalue weighted by atomic mass is 35.5. The summed E-state index contributed by atoms with van der Waals surface area (Å²) in [6.45, 7) is 4.68. The zero-order valence-corrected chi connectivity index (χ0v) is 10.8. The SMILES string of the molecule is Cc1c(Cl)nnc(N(CCC#N)C2CC2)c1C. The summed E-state index contributed by atoms with van der Waals surface area (Å²) in [6.07, 6.45) is 2.86. The summed E-state index contributed by atoms with van der Waals surface area (Å²) in [7, 11) is 0. The molecule has 0 radical (unpaired) electrons. The van der Waals surface area contributed by atoms with Crippen LogP contribution in [0.5, 0.6) is 0 Å². The molecule has 0 N–H and O–H groups in total. The van der Waals surface area contributed by atoms with Crippen LogP contribution in [0.15, 0.2) is 0 Å². The Morgan fingerprint density at radius 1 is 1.35 bits per heavy atom. The lowest BCUT2D eigenvalue weighted by Gasteiger charge is -2.24. The van der Waals surface area contributed by atoms with Gasteiger partial charge in [0.1, 0.15) is 0 Å². The highest BCUT2D eigenvalue weighted by Crippen LogP contribution is 2.33. The van der Waals surface area contributed by atoms with Crippen molar-refractivity contribution < 1.29 is 0 Å². The molecule has 0 unspecified atom stereocenters. The number of nitriles is 1. The van der Waals surface area contributed by atoms with Gasteiger partial charge >= 0.3 is 0 Å². The van der Waals surface area contributed by atoms with E-state index in [1.807, 2.05) is 13.8 Å². The van der Waals surface area contributed by atoms with Crippen molar-refractivity contribution in [3.8, 4) is 6.07 Å². The molecule has 0 aliphatic heterocycles.